The Morgan fingerprint density at radius 1 is 0.151 bits per heavy atom. The van der Waals surface area contributed by atoms with Crippen molar-refractivity contribution in [1.82, 2.24) is 34.3 Å². The molecule has 139 heavy (non-hydrogen) atoms. The molecule has 0 spiro atoms. The molecule has 0 aliphatic heterocycles. The summed E-state index contributed by atoms with van der Waals surface area (Å²) in [6.45, 7) is 0. The summed E-state index contributed by atoms with van der Waals surface area (Å²) in [5.74, 6) is 0.682. The normalized spacial score (nSPS) is 11.5. The molecule has 0 radical (unpaired) electrons. The van der Waals surface area contributed by atoms with Gasteiger partial charge >= 0.3 is 0 Å². The molecule has 0 unspecified atom stereocenters. The van der Waals surface area contributed by atoms with Crippen molar-refractivity contribution in [3.05, 3.63) is 516 Å². The van der Waals surface area contributed by atoms with Crippen molar-refractivity contribution >= 4 is 91.8 Å². The maximum absolute atomic E-state index is 5.13. The Balaban J connectivity index is 0.000000112. The molecule has 0 saturated carbocycles. The summed E-state index contributed by atoms with van der Waals surface area (Å²) in [6.07, 6.45) is 9.64. The summed E-state index contributed by atoms with van der Waals surface area (Å²) in [4.78, 5) is 28.7. The number of fused-ring (bicyclic) bond motifs is 3. The number of rotatable bonds is 15. The minimum Gasteiger partial charge on any atom is -0.306 e. The molecule has 27 aromatic rings. The van der Waals surface area contributed by atoms with Gasteiger partial charge in [-0.05, 0) is 242 Å². The summed E-state index contributed by atoms with van der Waals surface area (Å²) < 4.78 is 2.06. The van der Waals surface area contributed by atoms with Gasteiger partial charge in [-0.3, -0.25) is 15.0 Å². The van der Waals surface area contributed by atoms with Crippen molar-refractivity contribution in [1.29, 1.82) is 0 Å². The number of nitrogens with zero attached hydrogens (tertiary/aromatic N) is 7. The van der Waals surface area contributed by atoms with E-state index in [-0.39, 0.29) is 0 Å². The number of pyridine rings is 4. The smallest absolute Gasteiger partial charge is 0.160 e. The molecule has 648 valence electrons. The SMILES string of the molecule is c1ccc(-c2cc(-c3ccc(-c4ccccn4)cc3)c3ccc4c(-c5ccccc5)cc(-c5ccc(-c6ccccn6)cc5)c5ccc2c3c45)cc1.c1ccc(-c2ccc(-c3nc(-c4ccc(-c5cccc6ccccc56)cc4)cc(-c4ccc(-c5cccc6ccccc56)cc4)n3)cc2)nc1.c1ccc(-c2ccc3ccc4c(-c5ccc(-c6cn7ccccc7n6)cc5)ccc5ccc2c3c54)cc1. The molecule has 0 aliphatic rings. The van der Waals surface area contributed by atoms with Crippen LogP contribution in [-0.2, 0) is 0 Å². The zero-order valence-corrected chi connectivity index (χ0v) is 75.7. The monoisotopic (exact) mass is 1770 g/mol. The van der Waals surface area contributed by atoms with Crippen LogP contribution < -0.4 is 0 Å². The lowest BCUT2D eigenvalue weighted by molar-refractivity contribution is 1.18. The molecule has 21 aromatic carbocycles. The highest BCUT2D eigenvalue weighted by molar-refractivity contribution is 6.32. The van der Waals surface area contributed by atoms with Crippen molar-refractivity contribution in [2.24, 2.45) is 0 Å². The second kappa shape index (κ2) is 35.8. The lowest BCUT2D eigenvalue weighted by atomic mass is 9.82. The van der Waals surface area contributed by atoms with Crippen molar-refractivity contribution in [2.45, 2.75) is 0 Å². The molecule has 0 atom stereocenters. The molecule has 0 bridgehead atoms. The third kappa shape index (κ3) is 15.6. The standard InChI is InChI=1S/C50H32N2.C47H31N3.C35H22N2/c1-3-11-33(12-4-1)43-31-45(35-17-21-37(22-18-35)47-15-7-9-29-51-47)41-28-26-40-44(34-13-5-2-6-14-34)32-46(42-27-25-39(43)49(41)50(40)42)36-19-23-38(24-20-36)48-16-8-10-30-52-48;1-3-13-40-32(9-1)11-7-15-42(40)34-18-22-37(23-19-34)45-31-46(50-47(49-45)39-28-26-36(27-29-39)44-17-5-6-30-48-44)38-24-20-35(21-25-38)43-16-8-12-33-10-2-4-14-41(33)43;1-2-6-23(7-3-1)28-17-13-26-16-20-31-29(18-14-27-15-19-30(28)34(26)35(27)31)24-9-11-25(12-10-24)32-22-37-21-5-4-8-33(37)36-32/h1-32H;1-31H;1-22H. The predicted octanol–water partition coefficient (Wildman–Crippen LogP) is 34.8. The molecule has 6 aromatic heterocycles. The quantitative estimate of drug-likeness (QED) is 0.0952. The highest BCUT2D eigenvalue weighted by atomic mass is 15.0. The molecule has 7 nitrogen and oxygen atoms in total. The topological polar surface area (TPSA) is 81.8 Å². The minimum absolute atomic E-state index is 0.682. The van der Waals surface area contributed by atoms with E-state index in [1.807, 2.05) is 85.5 Å². The lowest BCUT2D eigenvalue weighted by Gasteiger charge is -2.21. The van der Waals surface area contributed by atoms with Gasteiger partial charge in [-0.2, -0.15) is 0 Å². The highest BCUT2D eigenvalue weighted by Crippen LogP contribution is 2.51. The van der Waals surface area contributed by atoms with Gasteiger partial charge < -0.3 is 4.40 Å². The molecule has 0 saturated heterocycles. The van der Waals surface area contributed by atoms with Gasteiger partial charge in [0.2, 0.25) is 0 Å². The van der Waals surface area contributed by atoms with Gasteiger partial charge in [-0.1, -0.05) is 419 Å². The van der Waals surface area contributed by atoms with E-state index in [0.29, 0.717) is 5.82 Å². The van der Waals surface area contributed by atoms with Crippen LogP contribution in [0, 0.1) is 0 Å². The Morgan fingerprint density at radius 3 is 0.820 bits per heavy atom. The van der Waals surface area contributed by atoms with Gasteiger partial charge in [-0.15, -0.1) is 0 Å². The number of hydrogen-bond acceptors (Lipinski definition) is 6. The van der Waals surface area contributed by atoms with E-state index in [1.54, 1.807) is 0 Å². The van der Waals surface area contributed by atoms with E-state index < -0.39 is 0 Å². The van der Waals surface area contributed by atoms with Crippen LogP contribution in [0.1, 0.15) is 0 Å². The fourth-order valence-electron chi connectivity index (χ4n) is 20.5. The fraction of sp³-hybridized carbons (Fsp3) is 0. The van der Waals surface area contributed by atoms with E-state index in [1.165, 1.54) is 175 Å². The lowest BCUT2D eigenvalue weighted by Crippen LogP contribution is -1.96. The van der Waals surface area contributed by atoms with Crippen LogP contribution in [0.2, 0.25) is 0 Å². The summed E-state index contributed by atoms with van der Waals surface area (Å²) >= 11 is 0. The van der Waals surface area contributed by atoms with Gasteiger partial charge in [0.25, 0.3) is 0 Å². The summed E-state index contributed by atoms with van der Waals surface area (Å²) in [5.41, 5.74) is 33.5. The average molecular weight is 1770 g/mol. The Kier molecular flexibility index (Phi) is 21.2. The molecule has 6 heterocycles. The zero-order valence-electron chi connectivity index (χ0n) is 75.7. The van der Waals surface area contributed by atoms with Crippen molar-refractivity contribution in [3.8, 4) is 168 Å². The second-order valence-electron chi connectivity index (χ2n) is 35.5. The third-order valence-electron chi connectivity index (χ3n) is 27.4. The Hall–Kier alpha value is -18.6. The largest absolute Gasteiger partial charge is 0.306 e. The average Bonchev–Trinajstić information content (AvgIpc) is 0.901. The number of hydrogen-bond donors (Lipinski definition) is 0. The van der Waals surface area contributed by atoms with Crippen LogP contribution in [0.3, 0.4) is 0 Å². The van der Waals surface area contributed by atoms with Crippen LogP contribution in [-0.4, -0.2) is 34.3 Å². The van der Waals surface area contributed by atoms with Crippen LogP contribution in [0.5, 0.6) is 0 Å². The van der Waals surface area contributed by atoms with Crippen molar-refractivity contribution < 1.29 is 0 Å². The van der Waals surface area contributed by atoms with E-state index in [9.17, 15) is 0 Å². The van der Waals surface area contributed by atoms with Gasteiger partial charge in [0.15, 0.2) is 5.82 Å². The van der Waals surface area contributed by atoms with Gasteiger partial charge in [0.1, 0.15) is 5.65 Å². The van der Waals surface area contributed by atoms with E-state index in [0.717, 1.165) is 78.8 Å². The maximum atomic E-state index is 5.13. The van der Waals surface area contributed by atoms with Crippen molar-refractivity contribution in [3.63, 3.8) is 0 Å². The minimum atomic E-state index is 0.682. The molecule has 0 N–H and O–H groups in total. The van der Waals surface area contributed by atoms with Crippen molar-refractivity contribution in [2.75, 3.05) is 0 Å². The van der Waals surface area contributed by atoms with E-state index in [4.69, 9.17) is 15.0 Å². The number of imidazole rings is 1. The molecular weight excluding hydrogens is 1680 g/mol. The zero-order chi connectivity index (χ0) is 92.1. The van der Waals surface area contributed by atoms with Crippen LogP contribution in [0.15, 0.2) is 516 Å². The molecule has 7 heteroatoms. The Morgan fingerprint density at radius 2 is 0.439 bits per heavy atom. The Labute approximate surface area is 804 Å². The van der Waals surface area contributed by atoms with Crippen LogP contribution >= 0.6 is 0 Å². The fourth-order valence-corrected chi connectivity index (χ4v) is 20.5. The van der Waals surface area contributed by atoms with Gasteiger partial charge in [0, 0.05) is 69.9 Å². The first-order valence-corrected chi connectivity index (χ1v) is 47.2. The Bertz CT molecular complexity index is 8820. The summed E-state index contributed by atoms with van der Waals surface area (Å²) in [6, 6.07) is 173. The second-order valence-corrected chi connectivity index (χ2v) is 35.5. The van der Waals surface area contributed by atoms with Gasteiger partial charge in [-0.25, -0.2) is 15.0 Å². The molecule has 27 rings (SSSR count). The maximum Gasteiger partial charge on any atom is 0.160 e. The van der Waals surface area contributed by atoms with E-state index >= 15 is 0 Å². The summed E-state index contributed by atoms with van der Waals surface area (Å²) in [5, 5.41) is 20.4. The molecule has 0 amide bonds. The van der Waals surface area contributed by atoms with Gasteiger partial charge in [0.05, 0.1) is 34.2 Å². The molecule has 0 aliphatic carbocycles. The molecule has 0 fully saturated rings. The first kappa shape index (κ1) is 82.4. The van der Waals surface area contributed by atoms with Crippen LogP contribution in [0.25, 0.3) is 260 Å². The first-order valence-electron chi connectivity index (χ1n) is 47.2. The molecular formula is C132H85N7. The number of aromatic nitrogens is 7. The first-order chi connectivity index (χ1) is 68.9. The third-order valence-corrected chi connectivity index (χ3v) is 27.4. The predicted molar refractivity (Wildman–Crippen MR) is 581 cm³/mol. The summed E-state index contributed by atoms with van der Waals surface area (Å²) in [7, 11) is 0. The highest BCUT2D eigenvalue weighted by Gasteiger charge is 2.24. The van der Waals surface area contributed by atoms with Crippen LogP contribution in [0.4, 0.5) is 0 Å². The number of benzene rings is 21. The van der Waals surface area contributed by atoms with E-state index in [2.05, 4.69) is 450 Å².